The van der Waals surface area contributed by atoms with Gasteiger partial charge in [-0.05, 0) is 70.1 Å². The summed E-state index contributed by atoms with van der Waals surface area (Å²) in [5, 5.41) is 7.00. The molecule has 2 unspecified atom stereocenters. The molecule has 44 heavy (non-hydrogen) atoms. The Morgan fingerprint density at radius 2 is 1.77 bits per heavy atom. The number of nitrogens with zero attached hydrogens (tertiary/aromatic N) is 5. The Morgan fingerprint density at radius 1 is 1.09 bits per heavy atom. The van der Waals surface area contributed by atoms with Gasteiger partial charge in [-0.2, -0.15) is 0 Å². The van der Waals surface area contributed by atoms with Gasteiger partial charge in [-0.3, -0.25) is 4.79 Å². The zero-order valence-corrected chi connectivity index (χ0v) is 27.4. The number of piperazine rings is 1. The molecule has 2 fully saturated rings. The lowest BCUT2D eigenvalue weighted by Crippen LogP contribution is -2.53. The fourth-order valence-corrected chi connectivity index (χ4v) is 6.69. The molecule has 3 aliphatic rings. The van der Waals surface area contributed by atoms with Gasteiger partial charge in [0.1, 0.15) is 23.6 Å². The molecule has 9 nitrogen and oxygen atoms in total. The second-order valence-electron chi connectivity index (χ2n) is 13.0. The van der Waals surface area contributed by atoms with E-state index in [2.05, 4.69) is 21.8 Å². The molecule has 2 atom stereocenters. The molecule has 1 aromatic carbocycles. The molecule has 2 aromatic rings. The number of hydrogen-bond acceptors (Lipinski definition) is 7. The minimum Gasteiger partial charge on any atom is -0.444 e. The van der Waals surface area contributed by atoms with Crippen molar-refractivity contribution in [1.82, 2.24) is 19.8 Å². The van der Waals surface area contributed by atoms with E-state index in [0.717, 1.165) is 63.6 Å². The Bertz CT molecular complexity index is 1290. The highest BCUT2D eigenvalue weighted by molar-refractivity contribution is 6.30. The third-order valence-corrected chi connectivity index (χ3v) is 9.12. The van der Waals surface area contributed by atoms with E-state index in [9.17, 15) is 14.0 Å². The third-order valence-electron chi connectivity index (χ3n) is 8.81. The maximum absolute atomic E-state index is 14.7. The quantitative estimate of drug-likeness (QED) is 0.422. The molecule has 2 aliphatic carbocycles. The molecule has 1 saturated heterocycles. The number of aromatic nitrogens is 2. The van der Waals surface area contributed by atoms with Crippen LogP contribution in [-0.2, 0) is 16.0 Å². The topological polar surface area (TPSA) is 99.1 Å². The number of ether oxygens (including phenoxy) is 1. The third kappa shape index (κ3) is 7.99. The Hall–Kier alpha value is -2.98. The van der Waals surface area contributed by atoms with Crippen molar-refractivity contribution in [3.8, 4) is 0 Å². The van der Waals surface area contributed by atoms with Gasteiger partial charge < -0.3 is 24.5 Å². The number of halogens is 2. The molecule has 0 radical (unpaired) electrons. The van der Waals surface area contributed by atoms with Crippen LogP contribution in [0.5, 0.6) is 0 Å². The predicted molar refractivity (Wildman–Crippen MR) is 170 cm³/mol. The van der Waals surface area contributed by atoms with Crippen molar-refractivity contribution >= 4 is 29.4 Å². The van der Waals surface area contributed by atoms with Crippen LogP contribution in [0.4, 0.5) is 15.0 Å². The maximum Gasteiger partial charge on any atom is 0.410 e. The van der Waals surface area contributed by atoms with Crippen molar-refractivity contribution in [3.05, 3.63) is 52.2 Å². The summed E-state index contributed by atoms with van der Waals surface area (Å²) in [6.45, 7) is 10.2. The fraction of sp³-hybridized carbons (Fsp3) is 0.636. The van der Waals surface area contributed by atoms with Crippen LogP contribution >= 0.6 is 11.6 Å². The second-order valence-corrected chi connectivity index (χ2v) is 13.4. The van der Waals surface area contributed by atoms with E-state index in [0.29, 0.717) is 37.7 Å². The van der Waals surface area contributed by atoms with Crippen molar-refractivity contribution in [2.24, 2.45) is 0 Å². The van der Waals surface area contributed by atoms with Crippen LogP contribution in [0, 0.1) is 5.82 Å². The highest BCUT2D eigenvalue weighted by atomic mass is 35.5. The standard InChI is InChI=1S/C32H43ClFN5O3.CH4O/c1-21-10-13-27-28(21)29(36-20-35-27)37-14-16-38(17-15-37)30(40)24(22-11-12-25(33)26(34)18-22)19-39(23-8-6-5-7-9-23)31(41)42-32(2,3)4;1-2/h11-12,18,20-21,23-24H,5-10,13-17,19H2,1-4H3;2H,1H3. The van der Waals surface area contributed by atoms with Crippen LogP contribution in [0.3, 0.4) is 0 Å². The first-order chi connectivity index (χ1) is 21.0. The van der Waals surface area contributed by atoms with Gasteiger partial charge in [-0.1, -0.05) is 43.9 Å². The number of carbonyl (C=O) groups excluding carboxylic acids is 2. The van der Waals surface area contributed by atoms with Gasteiger partial charge in [-0.15, -0.1) is 0 Å². The van der Waals surface area contributed by atoms with Crippen LogP contribution in [0.1, 0.15) is 94.9 Å². The molecule has 1 aromatic heterocycles. The summed E-state index contributed by atoms with van der Waals surface area (Å²) in [6, 6.07) is 4.49. The molecule has 2 amide bonds. The molecular weight excluding hydrogens is 585 g/mol. The number of hydrogen-bond donors (Lipinski definition) is 1. The number of aryl methyl sites for hydroxylation is 1. The summed E-state index contributed by atoms with van der Waals surface area (Å²) < 4.78 is 20.5. The van der Waals surface area contributed by atoms with Crippen molar-refractivity contribution < 1.29 is 23.8 Å². The number of amides is 2. The second kappa shape index (κ2) is 14.9. The van der Waals surface area contributed by atoms with E-state index in [4.69, 9.17) is 21.4 Å². The average molecular weight is 632 g/mol. The van der Waals surface area contributed by atoms with E-state index in [1.165, 1.54) is 17.7 Å². The monoisotopic (exact) mass is 631 g/mol. The van der Waals surface area contributed by atoms with Crippen molar-refractivity contribution in [3.63, 3.8) is 0 Å². The largest absolute Gasteiger partial charge is 0.444 e. The van der Waals surface area contributed by atoms with Gasteiger partial charge in [0.15, 0.2) is 0 Å². The van der Waals surface area contributed by atoms with Gasteiger partial charge >= 0.3 is 6.09 Å². The zero-order valence-electron chi connectivity index (χ0n) is 26.7. The number of fused-ring (bicyclic) bond motifs is 1. The average Bonchev–Trinajstić information content (AvgIpc) is 3.40. The number of aliphatic hydroxyl groups is 1. The van der Waals surface area contributed by atoms with Crippen LogP contribution < -0.4 is 4.90 Å². The predicted octanol–water partition coefficient (Wildman–Crippen LogP) is 5.93. The van der Waals surface area contributed by atoms with Crippen LogP contribution in [-0.4, -0.2) is 88.4 Å². The molecule has 2 heterocycles. The number of anilines is 1. The summed E-state index contributed by atoms with van der Waals surface area (Å²) in [7, 11) is 1.00. The summed E-state index contributed by atoms with van der Waals surface area (Å²) in [5.41, 5.74) is 2.19. The van der Waals surface area contributed by atoms with Crippen molar-refractivity contribution in [2.75, 3.05) is 44.7 Å². The molecule has 11 heteroatoms. The van der Waals surface area contributed by atoms with E-state index >= 15 is 0 Å². The molecule has 0 bridgehead atoms. The van der Waals surface area contributed by atoms with Gasteiger partial charge in [0, 0.05) is 57.1 Å². The fourth-order valence-electron chi connectivity index (χ4n) is 6.57. The molecule has 1 N–H and O–H groups in total. The zero-order chi connectivity index (χ0) is 32.0. The molecule has 242 valence electrons. The highest BCUT2D eigenvalue weighted by Gasteiger charge is 2.37. The Morgan fingerprint density at radius 3 is 2.41 bits per heavy atom. The molecule has 1 saturated carbocycles. The normalized spacial score (nSPS) is 19.5. The van der Waals surface area contributed by atoms with Crippen LogP contribution in [0.25, 0.3) is 0 Å². The van der Waals surface area contributed by atoms with E-state index < -0.39 is 23.4 Å². The summed E-state index contributed by atoms with van der Waals surface area (Å²) in [5.74, 6) is -0.0615. The first-order valence-electron chi connectivity index (χ1n) is 15.8. The number of benzene rings is 1. The van der Waals surface area contributed by atoms with Crippen molar-refractivity contribution in [1.29, 1.82) is 0 Å². The smallest absolute Gasteiger partial charge is 0.410 e. The molecule has 1 aliphatic heterocycles. The minimum atomic E-state index is -0.749. The van der Waals surface area contributed by atoms with Gasteiger partial charge in [0.05, 0.1) is 10.9 Å². The lowest BCUT2D eigenvalue weighted by Gasteiger charge is -2.40. The summed E-state index contributed by atoms with van der Waals surface area (Å²) >= 11 is 6.02. The Balaban J connectivity index is 0.00000216. The van der Waals surface area contributed by atoms with Gasteiger partial charge in [0.2, 0.25) is 5.91 Å². The first kappa shape index (κ1) is 33.9. The van der Waals surface area contributed by atoms with E-state index in [1.807, 2.05) is 25.7 Å². The highest BCUT2D eigenvalue weighted by Crippen LogP contribution is 2.37. The maximum atomic E-state index is 14.7. The first-order valence-corrected chi connectivity index (χ1v) is 16.2. The summed E-state index contributed by atoms with van der Waals surface area (Å²) in [4.78, 5) is 42.7. The van der Waals surface area contributed by atoms with E-state index in [1.54, 1.807) is 17.3 Å². The summed E-state index contributed by atoms with van der Waals surface area (Å²) in [6.07, 6.45) is 8.14. The number of aliphatic hydroxyl groups excluding tert-OH is 1. The lowest BCUT2D eigenvalue weighted by molar-refractivity contribution is -0.133. The lowest BCUT2D eigenvalue weighted by atomic mass is 9.91. The SMILES string of the molecule is CC1CCc2ncnc(N3CCN(C(=O)C(CN(C(=O)OC(C)(C)C)C4CCCCC4)c4ccc(Cl)c(F)c4)CC3)c21.CO. The Kier molecular flexibility index (Phi) is 11.5. The van der Waals surface area contributed by atoms with Crippen LogP contribution in [0.15, 0.2) is 24.5 Å². The molecular formula is C33H47ClFN5O4. The minimum absolute atomic E-state index is 0.00135. The number of carbonyl (C=O) groups is 2. The van der Waals surface area contributed by atoms with E-state index in [-0.39, 0.29) is 23.5 Å². The van der Waals surface area contributed by atoms with Crippen LogP contribution in [0.2, 0.25) is 5.02 Å². The molecule has 5 rings (SSSR count). The Labute approximate surface area is 265 Å². The molecule has 0 spiro atoms. The van der Waals surface area contributed by atoms with Gasteiger partial charge in [-0.25, -0.2) is 19.2 Å². The number of rotatable bonds is 6. The van der Waals surface area contributed by atoms with Gasteiger partial charge in [0.25, 0.3) is 0 Å². The van der Waals surface area contributed by atoms with Crippen molar-refractivity contribution in [2.45, 2.75) is 96.1 Å².